The molecule has 2 nitrogen and oxygen atoms in total. The highest BCUT2D eigenvalue weighted by Gasteiger charge is 2.34. The quantitative estimate of drug-likeness (QED) is 0.586. The van der Waals surface area contributed by atoms with Crippen LogP contribution in [0.1, 0.15) is 38.2 Å². The molecular weight excluding hydrogens is 232 g/mol. The molecule has 0 N–H and O–H groups in total. The van der Waals surface area contributed by atoms with Crippen LogP contribution < -0.4 is 4.74 Å². The summed E-state index contributed by atoms with van der Waals surface area (Å²) in [7, 11) is 0. The second kappa shape index (κ2) is 5.61. The zero-order valence-electron chi connectivity index (χ0n) is 10.3. The topological polar surface area (TPSA) is 18.5 Å². The van der Waals surface area contributed by atoms with E-state index in [0.29, 0.717) is 5.05 Å². The van der Waals surface area contributed by atoms with Crippen LogP contribution in [-0.4, -0.2) is 17.8 Å². The van der Waals surface area contributed by atoms with Crippen LogP contribution in [0.3, 0.4) is 0 Å². The summed E-state index contributed by atoms with van der Waals surface area (Å²) in [5.41, 5.74) is 1.15. The molecular formula is C14H18O2S. The third kappa shape index (κ3) is 2.67. The predicted molar refractivity (Wildman–Crippen MR) is 72.7 cm³/mol. The van der Waals surface area contributed by atoms with Crippen LogP contribution in [0.5, 0.6) is 5.75 Å². The van der Waals surface area contributed by atoms with Gasteiger partial charge in [-0.25, -0.2) is 0 Å². The van der Waals surface area contributed by atoms with Crippen molar-refractivity contribution in [1.29, 1.82) is 0 Å². The fourth-order valence-corrected chi connectivity index (χ4v) is 2.49. The van der Waals surface area contributed by atoms with Crippen molar-refractivity contribution < 1.29 is 9.47 Å². The molecule has 0 spiro atoms. The lowest BCUT2D eigenvalue weighted by Crippen LogP contribution is -2.24. The Morgan fingerprint density at radius 2 is 2.18 bits per heavy atom. The predicted octanol–water partition coefficient (Wildman–Crippen LogP) is 3.70. The van der Waals surface area contributed by atoms with Crippen molar-refractivity contribution >= 4 is 17.3 Å². The molecule has 0 radical (unpaired) electrons. The first-order valence-corrected chi connectivity index (χ1v) is 6.57. The van der Waals surface area contributed by atoms with Crippen LogP contribution in [-0.2, 0) is 4.74 Å². The zero-order valence-corrected chi connectivity index (χ0v) is 11.1. The number of rotatable bonds is 5. The van der Waals surface area contributed by atoms with Crippen LogP contribution >= 0.6 is 12.2 Å². The first-order valence-electron chi connectivity index (χ1n) is 6.16. The summed E-state index contributed by atoms with van der Waals surface area (Å²) in [6.07, 6.45) is 2.32. The van der Waals surface area contributed by atoms with Crippen molar-refractivity contribution in [3.05, 3.63) is 29.8 Å². The molecule has 3 heteroatoms. The second-order valence-corrected chi connectivity index (χ2v) is 4.77. The normalized spacial score (nSPS) is 19.9. The number of hydrogen-bond acceptors (Lipinski definition) is 3. The molecule has 0 unspecified atom stereocenters. The Morgan fingerprint density at radius 1 is 1.41 bits per heavy atom. The van der Waals surface area contributed by atoms with Gasteiger partial charge in [-0.2, -0.15) is 0 Å². The van der Waals surface area contributed by atoms with Gasteiger partial charge < -0.3 is 9.47 Å². The lowest BCUT2D eigenvalue weighted by molar-refractivity contribution is 0.0584. The zero-order chi connectivity index (χ0) is 12.3. The van der Waals surface area contributed by atoms with Crippen LogP contribution in [0.15, 0.2) is 24.3 Å². The Hall–Kier alpha value is -0.930. The van der Waals surface area contributed by atoms with Gasteiger partial charge in [-0.15, -0.1) is 0 Å². The van der Waals surface area contributed by atoms with Crippen LogP contribution in [0.4, 0.5) is 0 Å². The molecule has 1 aromatic carbocycles. The van der Waals surface area contributed by atoms with Gasteiger partial charge in [0.1, 0.15) is 5.75 Å². The maximum Gasteiger partial charge on any atom is 0.177 e. The maximum absolute atomic E-state index is 5.83. The van der Waals surface area contributed by atoms with Gasteiger partial charge in [0.15, 0.2) is 5.05 Å². The van der Waals surface area contributed by atoms with Crippen molar-refractivity contribution in [2.45, 2.75) is 38.7 Å². The molecule has 92 valence electrons. The van der Waals surface area contributed by atoms with E-state index in [2.05, 4.69) is 19.9 Å². The summed E-state index contributed by atoms with van der Waals surface area (Å²) in [5.74, 6) is 0.978. The molecule has 0 aromatic heterocycles. The van der Waals surface area contributed by atoms with Gasteiger partial charge >= 0.3 is 0 Å². The summed E-state index contributed by atoms with van der Waals surface area (Å²) in [6, 6.07) is 8.01. The minimum absolute atomic E-state index is 0.0812. The number of ether oxygens (including phenoxy) is 2. The number of fused-ring (bicyclic) bond motifs is 1. The lowest BCUT2D eigenvalue weighted by Gasteiger charge is -2.18. The van der Waals surface area contributed by atoms with E-state index in [9.17, 15) is 0 Å². The SMILES string of the molecule is CCCCO[C@@H](C)[C@H]1C(=S)Oc2ccccc21. The molecule has 0 fully saturated rings. The van der Waals surface area contributed by atoms with E-state index in [-0.39, 0.29) is 12.0 Å². The van der Waals surface area contributed by atoms with Crippen molar-refractivity contribution in [2.24, 2.45) is 0 Å². The number of unbranched alkanes of at least 4 members (excludes halogenated alkanes) is 1. The number of thiocarbonyl (C=S) groups is 1. The van der Waals surface area contributed by atoms with Gasteiger partial charge in [0.2, 0.25) is 0 Å². The second-order valence-electron chi connectivity index (χ2n) is 4.37. The molecule has 1 aliphatic heterocycles. The van der Waals surface area contributed by atoms with Crippen LogP contribution in [0.2, 0.25) is 0 Å². The van der Waals surface area contributed by atoms with E-state index < -0.39 is 0 Å². The molecule has 1 aliphatic rings. The monoisotopic (exact) mass is 250 g/mol. The van der Waals surface area contributed by atoms with Gasteiger partial charge in [-0.3, -0.25) is 0 Å². The first-order chi connectivity index (χ1) is 8.24. The van der Waals surface area contributed by atoms with Crippen molar-refractivity contribution in [1.82, 2.24) is 0 Å². The van der Waals surface area contributed by atoms with Gasteiger partial charge in [0.25, 0.3) is 0 Å². The minimum atomic E-state index is 0.0812. The molecule has 0 aliphatic carbocycles. The van der Waals surface area contributed by atoms with Gasteiger partial charge in [-0.1, -0.05) is 31.5 Å². The standard InChI is InChI=1S/C14H18O2S/c1-3-4-9-15-10(2)13-11-7-5-6-8-12(11)16-14(13)17/h5-8,10,13H,3-4,9H2,1-2H3/t10-,13+/m0/s1. The molecule has 17 heavy (non-hydrogen) atoms. The van der Waals surface area contributed by atoms with Crippen molar-refractivity contribution in [3.8, 4) is 5.75 Å². The Bertz CT molecular complexity index is 403. The Labute approximate surface area is 108 Å². The van der Waals surface area contributed by atoms with Gasteiger partial charge in [0, 0.05) is 12.2 Å². The number of benzene rings is 1. The van der Waals surface area contributed by atoms with E-state index in [1.165, 1.54) is 0 Å². The fourth-order valence-electron chi connectivity index (χ4n) is 2.08. The van der Waals surface area contributed by atoms with Gasteiger partial charge in [-0.05, 0) is 31.6 Å². The smallest absolute Gasteiger partial charge is 0.177 e. The molecule has 0 saturated carbocycles. The summed E-state index contributed by atoms with van der Waals surface area (Å²) in [6.45, 7) is 5.02. The van der Waals surface area contributed by atoms with E-state index in [1.54, 1.807) is 0 Å². The minimum Gasteiger partial charge on any atom is -0.449 e. The van der Waals surface area contributed by atoms with Crippen LogP contribution in [0.25, 0.3) is 0 Å². The molecule has 2 atom stereocenters. The van der Waals surface area contributed by atoms with E-state index in [0.717, 1.165) is 30.8 Å². The Morgan fingerprint density at radius 3 is 2.94 bits per heavy atom. The highest BCUT2D eigenvalue weighted by atomic mass is 32.1. The van der Waals surface area contributed by atoms with Crippen LogP contribution in [0, 0.1) is 0 Å². The molecule has 0 amide bonds. The Kier molecular flexibility index (Phi) is 4.13. The van der Waals surface area contributed by atoms with E-state index >= 15 is 0 Å². The van der Waals surface area contributed by atoms with E-state index in [4.69, 9.17) is 21.7 Å². The summed E-state index contributed by atoms with van der Waals surface area (Å²) in [5, 5.41) is 0.634. The van der Waals surface area contributed by atoms with Crippen molar-refractivity contribution in [2.75, 3.05) is 6.61 Å². The third-order valence-corrected chi connectivity index (χ3v) is 3.40. The molecule has 0 saturated heterocycles. The lowest BCUT2D eigenvalue weighted by atomic mass is 9.96. The number of hydrogen-bond donors (Lipinski definition) is 0. The molecule has 0 bridgehead atoms. The highest BCUT2D eigenvalue weighted by molar-refractivity contribution is 7.80. The summed E-state index contributed by atoms with van der Waals surface area (Å²) in [4.78, 5) is 0. The van der Waals surface area contributed by atoms with Gasteiger partial charge in [0.05, 0.1) is 12.0 Å². The van der Waals surface area contributed by atoms with Crippen molar-refractivity contribution in [3.63, 3.8) is 0 Å². The maximum atomic E-state index is 5.83. The molecule has 1 heterocycles. The fraction of sp³-hybridized carbons (Fsp3) is 0.500. The van der Waals surface area contributed by atoms with E-state index in [1.807, 2.05) is 18.2 Å². The average Bonchev–Trinajstić information content (AvgIpc) is 2.65. The third-order valence-electron chi connectivity index (χ3n) is 3.07. The summed E-state index contributed by atoms with van der Waals surface area (Å²) < 4.78 is 11.4. The largest absolute Gasteiger partial charge is 0.449 e. The summed E-state index contributed by atoms with van der Waals surface area (Å²) >= 11 is 5.30. The average molecular weight is 250 g/mol. The molecule has 1 aromatic rings. The Balaban J connectivity index is 2.07. The first kappa shape index (κ1) is 12.5. The molecule has 2 rings (SSSR count). The highest BCUT2D eigenvalue weighted by Crippen LogP contribution is 2.38. The number of para-hydroxylation sites is 1.